The average molecular weight is 585 g/mol. The van der Waals surface area contributed by atoms with E-state index in [4.69, 9.17) is 10.4 Å². The number of aromatic carboxylic acids is 1. The number of piperazine rings is 1. The van der Waals surface area contributed by atoms with Gasteiger partial charge in [-0.05, 0) is 24.5 Å². The lowest BCUT2D eigenvalue weighted by Crippen LogP contribution is -2.59. The van der Waals surface area contributed by atoms with Gasteiger partial charge in [0, 0.05) is 37.3 Å². The minimum atomic E-state index is -1.48. The van der Waals surface area contributed by atoms with Crippen LogP contribution < -0.4 is 15.7 Å². The number of aromatic nitrogens is 1. The summed E-state index contributed by atoms with van der Waals surface area (Å²) < 4.78 is 5.49. The molecule has 0 spiro atoms. The Morgan fingerprint density at radius 1 is 1.22 bits per heavy atom. The molecule has 15 heteroatoms. The second-order valence-corrected chi connectivity index (χ2v) is 10.9. The largest absolute Gasteiger partial charge is 0.535 e. The summed E-state index contributed by atoms with van der Waals surface area (Å²) in [5, 5.41) is 24.2. The fraction of sp³-hybridized carbons (Fsp3) is 0.462. The number of carboxylic acid groups (broad SMARTS) is 1. The van der Waals surface area contributed by atoms with E-state index in [1.165, 1.54) is 16.3 Å². The van der Waals surface area contributed by atoms with Gasteiger partial charge in [-0.25, -0.2) is 14.6 Å². The molecule has 41 heavy (non-hydrogen) atoms. The summed E-state index contributed by atoms with van der Waals surface area (Å²) in [5.41, 5.74) is 6.33. The van der Waals surface area contributed by atoms with Crippen LogP contribution in [0.15, 0.2) is 23.6 Å². The molecule has 4 rings (SSSR count). The first kappa shape index (κ1) is 30.0. The number of carboxylic acids is 1. The summed E-state index contributed by atoms with van der Waals surface area (Å²) >= 11 is 1.06. The van der Waals surface area contributed by atoms with E-state index in [2.05, 4.69) is 17.2 Å². The van der Waals surface area contributed by atoms with Crippen molar-refractivity contribution >= 4 is 53.2 Å². The maximum atomic E-state index is 13.5. The van der Waals surface area contributed by atoms with Gasteiger partial charge in [-0.15, -0.1) is 11.3 Å². The van der Waals surface area contributed by atoms with Crippen LogP contribution in [0.4, 0.5) is 9.93 Å². The molecular weight excluding hydrogens is 553 g/mol. The molecule has 1 aromatic heterocycles. The van der Waals surface area contributed by atoms with Crippen LogP contribution >= 0.6 is 11.3 Å². The average Bonchev–Trinajstić information content (AvgIpc) is 3.37. The van der Waals surface area contributed by atoms with Gasteiger partial charge in [-0.2, -0.15) is 0 Å². The molecule has 13 nitrogen and oxygen atoms in total. The molecule has 5 N–H and O–H groups in total. The first-order valence-corrected chi connectivity index (χ1v) is 14.3. The Balaban J connectivity index is 1.45. The maximum Gasteiger partial charge on any atom is 0.526 e. The Hall–Kier alpha value is -3.98. The number of nitrogens with one attached hydrogen (secondary N) is 1. The Bertz CT molecular complexity index is 1340. The highest BCUT2D eigenvalue weighted by molar-refractivity contribution is 7.13. The number of anilines is 1. The third-order valence-electron chi connectivity index (χ3n) is 7.18. The smallest absolute Gasteiger partial charge is 0.526 e. The van der Waals surface area contributed by atoms with Crippen molar-refractivity contribution in [3.05, 3.63) is 40.4 Å². The molecule has 3 heterocycles. The van der Waals surface area contributed by atoms with Gasteiger partial charge in [0.15, 0.2) is 10.9 Å². The van der Waals surface area contributed by atoms with E-state index < -0.39 is 48.6 Å². The van der Waals surface area contributed by atoms with Gasteiger partial charge in [0.25, 0.3) is 0 Å². The lowest BCUT2D eigenvalue weighted by atomic mass is 9.64. The molecule has 218 valence electrons. The summed E-state index contributed by atoms with van der Waals surface area (Å²) in [6.07, 6.45) is 3.65. The van der Waals surface area contributed by atoms with Gasteiger partial charge in [-0.1, -0.05) is 38.3 Å². The number of fused-ring (bicyclic) bond motifs is 1. The predicted octanol–water partition coefficient (Wildman–Crippen LogP) is 1.87. The Morgan fingerprint density at radius 3 is 2.68 bits per heavy atom. The SMILES string of the molecule is CCCCCCN1CCN(C(=O)NC(C(=O)C[C@H]2Cc3cccc(C(=O)O)c3OB2O)c2csc(N)n2)C(=O)C1=O. The highest BCUT2D eigenvalue weighted by Crippen LogP contribution is 2.37. The molecule has 2 aromatic rings. The molecule has 0 aliphatic carbocycles. The van der Waals surface area contributed by atoms with Gasteiger partial charge < -0.3 is 30.7 Å². The van der Waals surface area contributed by atoms with Crippen molar-refractivity contribution in [3.63, 3.8) is 0 Å². The van der Waals surface area contributed by atoms with E-state index in [1.54, 1.807) is 12.1 Å². The quantitative estimate of drug-likeness (QED) is 0.172. The topological polar surface area (TPSA) is 192 Å². The number of benzene rings is 1. The number of urea groups is 1. The summed E-state index contributed by atoms with van der Waals surface area (Å²) in [7, 11) is -1.48. The molecule has 0 saturated carbocycles. The number of hydrogen-bond acceptors (Lipinski definition) is 10. The molecule has 1 aromatic carbocycles. The lowest BCUT2D eigenvalue weighted by Gasteiger charge is -2.33. The fourth-order valence-corrected chi connectivity index (χ4v) is 5.56. The van der Waals surface area contributed by atoms with Crippen LogP contribution in [-0.4, -0.2) is 81.3 Å². The number of imide groups is 1. The van der Waals surface area contributed by atoms with E-state index in [-0.39, 0.29) is 48.1 Å². The van der Waals surface area contributed by atoms with Crippen LogP contribution in [0.3, 0.4) is 0 Å². The molecule has 2 aliphatic heterocycles. The van der Waals surface area contributed by atoms with Gasteiger partial charge in [0.05, 0.1) is 11.3 Å². The monoisotopic (exact) mass is 585 g/mol. The zero-order valence-electron chi connectivity index (χ0n) is 22.6. The number of hydrogen-bond donors (Lipinski definition) is 4. The van der Waals surface area contributed by atoms with E-state index >= 15 is 0 Å². The van der Waals surface area contributed by atoms with E-state index in [1.807, 2.05) is 0 Å². The maximum absolute atomic E-state index is 13.5. The first-order valence-electron chi connectivity index (χ1n) is 13.5. The van der Waals surface area contributed by atoms with Crippen LogP contribution in [0, 0.1) is 0 Å². The Morgan fingerprint density at radius 2 is 2.00 bits per heavy atom. The zero-order valence-corrected chi connectivity index (χ0v) is 23.4. The van der Waals surface area contributed by atoms with Gasteiger partial charge >= 0.3 is 30.9 Å². The van der Waals surface area contributed by atoms with Crippen LogP contribution in [-0.2, 0) is 20.8 Å². The number of Topliss-reactive ketones (excluding diaryl/α,β-unsaturated/α-hetero) is 1. The molecule has 1 saturated heterocycles. The Kier molecular flexibility index (Phi) is 9.60. The second kappa shape index (κ2) is 13.1. The third kappa shape index (κ3) is 6.85. The van der Waals surface area contributed by atoms with Crippen LogP contribution in [0.5, 0.6) is 5.75 Å². The van der Waals surface area contributed by atoms with E-state index in [0.717, 1.165) is 41.9 Å². The number of nitrogens with zero attached hydrogens (tertiary/aromatic N) is 3. The molecule has 2 aliphatic rings. The number of ketones is 1. The number of nitrogens with two attached hydrogens (primary N) is 1. The van der Waals surface area contributed by atoms with Crippen LogP contribution in [0.2, 0.25) is 5.82 Å². The standard InChI is InChI=1S/C26H32BN5O8S/c1-2-3-4-5-9-31-10-11-32(23(35)22(31)34)26(38)30-20(18-14-41-25(28)29-18)19(33)13-16-12-15-7-6-8-17(24(36)37)21(15)40-27(16)39/h6-8,14,16,20,39H,2-5,9-13H2,1H3,(H2,28,29)(H,30,38)(H,36,37)/t16-,20?/m1/s1. The van der Waals surface area contributed by atoms with Crippen molar-refractivity contribution in [1.82, 2.24) is 20.1 Å². The van der Waals surface area contributed by atoms with Crippen molar-refractivity contribution in [2.24, 2.45) is 0 Å². The van der Waals surface area contributed by atoms with Crippen molar-refractivity contribution in [1.29, 1.82) is 0 Å². The minimum absolute atomic E-state index is 0.0256. The normalized spacial score (nSPS) is 17.6. The molecule has 1 unspecified atom stereocenters. The Labute approximate surface area is 240 Å². The number of rotatable bonds is 11. The molecule has 1 fully saturated rings. The summed E-state index contributed by atoms with van der Waals surface area (Å²) in [6, 6.07) is 2.32. The lowest BCUT2D eigenvalue weighted by molar-refractivity contribution is -0.153. The number of amides is 4. The molecular formula is C26H32BN5O8S. The van der Waals surface area contributed by atoms with Crippen molar-refractivity contribution in [2.75, 3.05) is 25.4 Å². The molecule has 2 atom stereocenters. The van der Waals surface area contributed by atoms with Crippen LogP contribution in [0.1, 0.15) is 66.7 Å². The number of thiazole rings is 1. The summed E-state index contributed by atoms with van der Waals surface area (Å²) in [6.45, 7) is 2.67. The van der Waals surface area contributed by atoms with Crippen molar-refractivity contribution in [2.45, 2.75) is 57.3 Å². The van der Waals surface area contributed by atoms with Crippen molar-refractivity contribution in [3.8, 4) is 5.75 Å². The third-order valence-corrected chi connectivity index (χ3v) is 7.87. The first-order chi connectivity index (χ1) is 19.6. The predicted molar refractivity (Wildman–Crippen MR) is 149 cm³/mol. The molecule has 4 amide bonds. The molecule has 0 bridgehead atoms. The fourth-order valence-electron chi connectivity index (χ4n) is 4.97. The van der Waals surface area contributed by atoms with Crippen molar-refractivity contribution < 1.29 is 38.8 Å². The second-order valence-electron chi connectivity index (χ2n) is 10.0. The number of para-hydroxylation sites is 1. The van der Waals surface area contributed by atoms with Gasteiger partial charge in [0.2, 0.25) is 0 Å². The number of carbonyl (C=O) groups excluding carboxylic acids is 4. The highest BCUT2D eigenvalue weighted by atomic mass is 32.1. The number of unbranched alkanes of at least 4 members (excludes halogenated alkanes) is 3. The van der Waals surface area contributed by atoms with E-state index in [0.29, 0.717) is 12.1 Å². The number of carbonyl (C=O) groups is 5. The highest BCUT2D eigenvalue weighted by Gasteiger charge is 2.41. The van der Waals surface area contributed by atoms with Gasteiger partial charge in [-0.3, -0.25) is 19.3 Å². The van der Waals surface area contributed by atoms with Gasteiger partial charge in [0.1, 0.15) is 11.8 Å². The summed E-state index contributed by atoms with van der Waals surface area (Å²) in [5.74, 6) is -4.21. The van der Waals surface area contributed by atoms with Crippen LogP contribution in [0.25, 0.3) is 0 Å². The summed E-state index contributed by atoms with van der Waals surface area (Å²) in [4.78, 5) is 70.0. The molecule has 0 radical (unpaired) electrons. The zero-order chi connectivity index (χ0) is 29.7. The minimum Gasteiger partial charge on any atom is -0.535 e. The van der Waals surface area contributed by atoms with E-state index in [9.17, 15) is 34.1 Å². The number of nitrogen functional groups attached to an aromatic ring is 1.